The number of hydrogen-bond donors (Lipinski definition) is 1. The third kappa shape index (κ3) is 1.96. The molecule has 1 heterocycles. The van der Waals surface area contributed by atoms with Crippen molar-refractivity contribution in [2.75, 3.05) is 7.05 Å². The fraction of sp³-hybridized carbons (Fsp3) is 1.00. The van der Waals surface area contributed by atoms with Crippen molar-refractivity contribution in [3.05, 3.63) is 0 Å². The SMILES string of the molecule is CNC1C[C@@H](C)O[C@H](C)C1. The van der Waals surface area contributed by atoms with E-state index in [1.807, 2.05) is 7.05 Å². The van der Waals surface area contributed by atoms with Gasteiger partial charge in [-0.2, -0.15) is 0 Å². The molecule has 1 saturated heterocycles. The van der Waals surface area contributed by atoms with Gasteiger partial charge < -0.3 is 10.1 Å². The number of rotatable bonds is 1. The number of ether oxygens (including phenoxy) is 1. The van der Waals surface area contributed by atoms with Crippen LogP contribution in [0, 0.1) is 0 Å². The molecular weight excluding hydrogens is 126 g/mol. The van der Waals surface area contributed by atoms with Crippen molar-refractivity contribution < 1.29 is 4.74 Å². The van der Waals surface area contributed by atoms with E-state index in [1.54, 1.807) is 0 Å². The zero-order valence-electron chi connectivity index (χ0n) is 7.05. The standard InChI is InChI=1S/C8H17NO/c1-6-4-8(9-3)5-7(2)10-6/h6-9H,4-5H2,1-3H3/t6-,7-/m1/s1. The van der Waals surface area contributed by atoms with Gasteiger partial charge in [-0.25, -0.2) is 0 Å². The first kappa shape index (κ1) is 8.02. The molecule has 0 aromatic rings. The predicted molar refractivity (Wildman–Crippen MR) is 42.1 cm³/mol. The first-order valence-electron chi connectivity index (χ1n) is 4.05. The van der Waals surface area contributed by atoms with Crippen LogP contribution in [0.2, 0.25) is 0 Å². The summed E-state index contributed by atoms with van der Waals surface area (Å²) in [4.78, 5) is 0. The normalized spacial score (nSPS) is 41.7. The second-order valence-corrected chi connectivity index (χ2v) is 3.21. The largest absolute Gasteiger partial charge is 0.375 e. The highest BCUT2D eigenvalue weighted by molar-refractivity contribution is 4.76. The Morgan fingerprint density at radius 3 is 2.10 bits per heavy atom. The van der Waals surface area contributed by atoms with Crippen molar-refractivity contribution >= 4 is 0 Å². The van der Waals surface area contributed by atoms with Crippen LogP contribution in [0.1, 0.15) is 26.7 Å². The van der Waals surface area contributed by atoms with Crippen LogP contribution in [0.3, 0.4) is 0 Å². The lowest BCUT2D eigenvalue weighted by molar-refractivity contribution is -0.0409. The van der Waals surface area contributed by atoms with Gasteiger partial charge in [-0.1, -0.05) is 0 Å². The second-order valence-electron chi connectivity index (χ2n) is 3.21. The zero-order chi connectivity index (χ0) is 7.56. The Bertz CT molecular complexity index is 95.4. The van der Waals surface area contributed by atoms with Crippen LogP contribution in [0.4, 0.5) is 0 Å². The molecule has 0 radical (unpaired) electrons. The van der Waals surface area contributed by atoms with Crippen LogP contribution >= 0.6 is 0 Å². The highest BCUT2D eigenvalue weighted by Gasteiger charge is 2.22. The molecule has 0 spiro atoms. The maximum Gasteiger partial charge on any atom is 0.0565 e. The minimum atomic E-state index is 0.432. The molecule has 0 saturated carbocycles. The minimum Gasteiger partial charge on any atom is -0.375 e. The molecule has 1 N–H and O–H groups in total. The number of nitrogens with one attached hydrogen (secondary N) is 1. The highest BCUT2D eigenvalue weighted by atomic mass is 16.5. The van der Waals surface area contributed by atoms with Crippen LogP contribution in [-0.4, -0.2) is 25.3 Å². The van der Waals surface area contributed by atoms with Gasteiger partial charge in [0.2, 0.25) is 0 Å². The van der Waals surface area contributed by atoms with Gasteiger partial charge in [-0.15, -0.1) is 0 Å². The molecule has 0 aromatic carbocycles. The van der Waals surface area contributed by atoms with Crippen molar-refractivity contribution in [1.29, 1.82) is 0 Å². The molecule has 1 aliphatic rings. The van der Waals surface area contributed by atoms with E-state index in [1.165, 1.54) is 0 Å². The van der Waals surface area contributed by atoms with E-state index < -0.39 is 0 Å². The van der Waals surface area contributed by atoms with Crippen molar-refractivity contribution in [2.24, 2.45) is 0 Å². The van der Waals surface area contributed by atoms with Gasteiger partial charge in [-0.3, -0.25) is 0 Å². The molecule has 1 rings (SSSR count). The van der Waals surface area contributed by atoms with Gasteiger partial charge in [-0.05, 0) is 33.7 Å². The Morgan fingerprint density at radius 1 is 1.20 bits per heavy atom. The Morgan fingerprint density at radius 2 is 1.70 bits per heavy atom. The van der Waals surface area contributed by atoms with Crippen LogP contribution < -0.4 is 5.32 Å². The Labute approximate surface area is 63.0 Å². The lowest BCUT2D eigenvalue weighted by atomic mass is 10.0. The van der Waals surface area contributed by atoms with Gasteiger partial charge in [0.05, 0.1) is 12.2 Å². The smallest absolute Gasteiger partial charge is 0.0565 e. The van der Waals surface area contributed by atoms with Gasteiger partial charge in [0, 0.05) is 6.04 Å². The first-order chi connectivity index (χ1) is 4.72. The van der Waals surface area contributed by atoms with Gasteiger partial charge >= 0.3 is 0 Å². The molecule has 0 bridgehead atoms. The summed E-state index contributed by atoms with van der Waals surface area (Å²) < 4.78 is 5.58. The summed E-state index contributed by atoms with van der Waals surface area (Å²) in [6.45, 7) is 4.28. The third-order valence-corrected chi connectivity index (χ3v) is 2.11. The summed E-state index contributed by atoms with van der Waals surface area (Å²) in [6, 6.07) is 0.666. The average molecular weight is 143 g/mol. The molecule has 2 atom stereocenters. The van der Waals surface area contributed by atoms with Crippen LogP contribution in [0.5, 0.6) is 0 Å². The minimum absolute atomic E-state index is 0.432. The van der Waals surface area contributed by atoms with E-state index in [9.17, 15) is 0 Å². The Kier molecular flexibility index (Phi) is 2.69. The van der Waals surface area contributed by atoms with Crippen LogP contribution in [0.25, 0.3) is 0 Å². The van der Waals surface area contributed by atoms with Crippen molar-refractivity contribution in [2.45, 2.75) is 44.9 Å². The second kappa shape index (κ2) is 3.35. The third-order valence-electron chi connectivity index (χ3n) is 2.11. The van der Waals surface area contributed by atoms with Crippen LogP contribution in [0.15, 0.2) is 0 Å². The van der Waals surface area contributed by atoms with Gasteiger partial charge in [0.25, 0.3) is 0 Å². The Balaban J connectivity index is 2.35. The highest BCUT2D eigenvalue weighted by Crippen LogP contribution is 2.18. The first-order valence-corrected chi connectivity index (χ1v) is 4.05. The molecule has 0 aromatic heterocycles. The quantitative estimate of drug-likeness (QED) is 0.594. The average Bonchev–Trinajstić information content (AvgIpc) is 1.85. The van der Waals surface area contributed by atoms with Crippen molar-refractivity contribution in [3.8, 4) is 0 Å². The molecule has 0 amide bonds. The number of hydrogen-bond acceptors (Lipinski definition) is 2. The molecule has 2 nitrogen and oxygen atoms in total. The summed E-state index contributed by atoms with van der Waals surface area (Å²) >= 11 is 0. The molecular formula is C8H17NO. The molecule has 1 aliphatic heterocycles. The molecule has 1 fully saturated rings. The fourth-order valence-corrected chi connectivity index (χ4v) is 1.64. The summed E-state index contributed by atoms with van der Waals surface area (Å²) in [6.07, 6.45) is 3.17. The molecule has 0 aliphatic carbocycles. The van der Waals surface area contributed by atoms with E-state index in [0.29, 0.717) is 18.2 Å². The molecule has 60 valence electrons. The summed E-state index contributed by atoms with van der Waals surface area (Å²) in [5, 5.41) is 3.28. The topological polar surface area (TPSA) is 21.3 Å². The zero-order valence-corrected chi connectivity index (χ0v) is 7.05. The molecule has 10 heavy (non-hydrogen) atoms. The summed E-state index contributed by atoms with van der Waals surface area (Å²) in [5.41, 5.74) is 0. The summed E-state index contributed by atoms with van der Waals surface area (Å²) in [5.74, 6) is 0. The summed E-state index contributed by atoms with van der Waals surface area (Å²) in [7, 11) is 2.02. The van der Waals surface area contributed by atoms with Gasteiger partial charge in [0.15, 0.2) is 0 Å². The lowest BCUT2D eigenvalue weighted by Gasteiger charge is -2.31. The van der Waals surface area contributed by atoms with E-state index in [0.717, 1.165) is 12.8 Å². The molecule has 2 heteroatoms. The fourth-order valence-electron chi connectivity index (χ4n) is 1.64. The van der Waals surface area contributed by atoms with Crippen LogP contribution in [-0.2, 0) is 4.74 Å². The van der Waals surface area contributed by atoms with Crippen molar-refractivity contribution in [1.82, 2.24) is 5.32 Å². The van der Waals surface area contributed by atoms with E-state index in [4.69, 9.17) is 4.74 Å². The van der Waals surface area contributed by atoms with Gasteiger partial charge in [0.1, 0.15) is 0 Å². The van der Waals surface area contributed by atoms with Crippen molar-refractivity contribution in [3.63, 3.8) is 0 Å². The maximum absolute atomic E-state index is 5.58. The van der Waals surface area contributed by atoms with E-state index in [2.05, 4.69) is 19.2 Å². The predicted octanol–water partition coefficient (Wildman–Crippen LogP) is 1.16. The Hall–Kier alpha value is -0.0800. The maximum atomic E-state index is 5.58. The lowest BCUT2D eigenvalue weighted by Crippen LogP contribution is -2.39. The van der Waals surface area contributed by atoms with E-state index in [-0.39, 0.29) is 0 Å². The monoisotopic (exact) mass is 143 g/mol. The molecule has 0 unspecified atom stereocenters. The van der Waals surface area contributed by atoms with E-state index >= 15 is 0 Å².